The number of benzene rings is 1. The maximum Gasteiger partial charge on any atom is 0.306 e. The molecule has 0 N–H and O–H groups in total. The Kier molecular flexibility index (Phi) is 3.42. The lowest BCUT2D eigenvalue weighted by atomic mass is 10.1. The summed E-state index contributed by atoms with van der Waals surface area (Å²) in [7, 11) is 0. The van der Waals surface area contributed by atoms with E-state index in [1.165, 1.54) is 0 Å². The molecule has 17 heavy (non-hydrogen) atoms. The number of aldehydes is 1. The minimum absolute atomic E-state index is 0.231. The van der Waals surface area contributed by atoms with Gasteiger partial charge in [-0.3, -0.25) is 9.59 Å². The van der Waals surface area contributed by atoms with Gasteiger partial charge in [0.25, 0.3) is 0 Å². The second-order valence-corrected chi connectivity index (χ2v) is 3.95. The lowest BCUT2D eigenvalue weighted by Crippen LogP contribution is -2.12. The Labute approximate surface area is 99.5 Å². The fourth-order valence-corrected chi connectivity index (χ4v) is 1.80. The van der Waals surface area contributed by atoms with E-state index in [2.05, 4.69) is 0 Å². The molecule has 0 spiro atoms. The molecule has 1 heterocycles. The number of hydrogen-bond donors (Lipinski definition) is 0. The zero-order valence-electron chi connectivity index (χ0n) is 9.64. The Balaban J connectivity index is 2.15. The van der Waals surface area contributed by atoms with Gasteiger partial charge in [-0.15, -0.1) is 0 Å². The van der Waals surface area contributed by atoms with E-state index < -0.39 is 0 Å². The topological polar surface area (TPSA) is 52.6 Å². The Morgan fingerprint density at radius 2 is 2.41 bits per heavy atom. The Morgan fingerprint density at radius 1 is 1.59 bits per heavy atom. The molecule has 1 unspecified atom stereocenters. The van der Waals surface area contributed by atoms with Gasteiger partial charge in [-0.1, -0.05) is 6.92 Å². The van der Waals surface area contributed by atoms with E-state index >= 15 is 0 Å². The van der Waals surface area contributed by atoms with Crippen LogP contribution in [0.5, 0.6) is 5.75 Å². The van der Waals surface area contributed by atoms with E-state index in [1.54, 1.807) is 18.2 Å². The first-order valence-electron chi connectivity index (χ1n) is 5.66. The molecule has 1 aliphatic heterocycles. The first-order chi connectivity index (χ1) is 8.24. The van der Waals surface area contributed by atoms with Gasteiger partial charge in [0, 0.05) is 17.5 Å². The second kappa shape index (κ2) is 4.99. The van der Waals surface area contributed by atoms with Crippen LogP contribution in [0.2, 0.25) is 0 Å². The molecule has 0 saturated carbocycles. The predicted molar refractivity (Wildman–Crippen MR) is 61.1 cm³/mol. The van der Waals surface area contributed by atoms with Gasteiger partial charge in [-0.05, 0) is 24.6 Å². The molecule has 0 fully saturated rings. The molecule has 4 nitrogen and oxygen atoms in total. The van der Waals surface area contributed by atoms with E-state index in [9.17, 15) is 9.59 Å². The van der Waals surface area contributed by atoms with Crippen molar-refractivity contribution in [1.29, 1.82) is 0 Å². The second-order valence-electron chi connectivity index (χ2n) is 3.95. The summed E-state index contributed by atoms with van der Waals surface area (Å²) >= 11 is 0. The summed E-state index contributed by atoms with van der Waals surface area (Å²) in [5.74, 6) is 0.454. The summed E-state index contributed by atoms with van der Waals surface area (Å²) in [4.78, 5) is 22.1. The van der Waals surface area contributed by atoms with Gasteiger partial charge in [0.1, 0.15) is 18.6 Å². The molecule has 0 aromatic heterocycles. The van der Waals surface area contributed by atoms with Gasteiger partial charge in [0.15, 0.2) is 6.10 Å². The Morgan fingerprint density at radius 3 is 3.12 bits per heavy atom. The molecule has 1 atom stereocenters. The number of carbonyl (C=O) groups excluding carboxylic acids is 2. The number of fused-ring (bicyclic) bond motifs is 1. The van der Waals surface area contributed by atoms with Crippen LogP contribution in [-0.2, 0) is 9.53 Å². The van der Waals surface area contributed by atoms with Gasteiger partial charge in [0.05, 0.1) is 0 Å². The fraction of sp³-hybridized carbons (Fsp3) is 0.385. The lowest BCUT2D eigenvalue weighted by Gasteiger charge is -2.10. The van der Waals surface area contributed by atoms with Crippen molar-refractivity contribution >= 4 is 12.3 Å². The highest BCUT2D eigenvalue weighted by molar-refractivity contribution is 5.76. The zero-order valence-corrected chi connectivity index (χ0v) is 9.64. The molecule has 2 rings (SSSR count). The number of hydrogen-bond acceptors (Lipinski definition) is 4. The van der Waals surface area contributed by atoms with Crippen LogP contribution in [0.15, 0.2) is 18.2 Å². The van der Waals surface area contributed by atoms with Gasteiger partial charge in [0.2, 0.25) is 0 Å². The van der Waals surface area contributed by atoms with E-state index in [4.69, 9.17) is 9.47 Å². The van der Waals surface area contributed by atoms with Crippen LogP contribution in [0.4, 0.5) is 0 Å². The van der Waals surface area contributed by atoms with Crippen molar-refractivity contribution in [1.82, 2.24) is 0 Å². The molecule has 0 aliphatic carbocycles. The van der Waals surface area contributed by atoms with Crippen molar-refractivity contribution in [2.24, 2.45) is 0 Å². The average molecular weight is 234 g/mol. The van der Waals surface area contributed by atoms with Crippen molar-refractivity contribution in [2.45, 2.75) is 25.9 Å². The third-order valence-corrected chi connectivity index (χ3v) is 2.63. The molecule has 0 radical (unpaired) electrons. The third-order valence-electron chi connectivity index (χ3n) is 2.63. The smallest absolute Gasteiger partial charge is 0.306 e. The average Bonchev–Trinajstić information content (AvgIpc) is 2.72. The maximum absolute atomic E-state index is 11.4. The summed E-state index contributed by atoms with van der Waals surface area (Å²) in [6.07, 6.45) is 1.54. The van der Waals surface area contributed by atoms with Crippen molar-refractivity contribution in [3.63, 3.8) is 0 Å². The van der Waals surface area contributed by atoms with Crippen LogP contribution in [0, 0.1) is 0 Å². The predicted octanol–water partition coefficient (Wildman–Crippen LogP) is 2.28. The molecule has 4 heteroatoms. The highest BCUT2D eigenvalue weighted by Gasteiger charge is 2.27. The molecule has 90 valence electrons. The highest BCUT2D eigenvalue weighted by atomic mass is 16.6. The highest BCUT2D eigenvalue weighted by Crippen LogP contribution is 2.35. The standard InChI is InChI=1S/C13H14O4/c1-2-3-13(15)17-12-8-16-11-5-4-9(7-14)6-10(11)12/h4-7,12H,2-3,8H2,1H3. The van der Waals surface area contributed by atoms with Gasteiger partial charge >= 0.3 is 5.97 Å². The van der Waals surface area contributed by atoms with Gasteiger partial charge < -0.3 is 9.47 Å². The zero-order chi connectivity index (χ0) is 12.3. The van der Waals surface area contributed by atoms with Gasteiger partial charge in [-0.25, -0.2) is 0 Å². The lowest BCUT2D eigenvalue weighted by molar-refractivity contribution is -0.149. The molecular formula is C13H14O4. The molecular weight excluding hydrogens is 220 g/mol. The number of ether oxygens (including phenoxy) is 2. The van der Waals surface area contributed by atoms with Crippen LogP contribution in [0.3, 0.4) is 0 Å². The van der Waals surface area contributed by atoms with E-state index in [0.717, 1.165) is 18.3 Å². The largest absolute Gasteiger partial charge is 0.489 e. The summed E-state index contributed by atoms with van der Waals surface area (Å²) in [5.41, 5.74) is 1.34. The van der Waals surface area contributed by atoms with Crippen LogP contribution in [0.1, 0.15) is 41.8 Å². The van der Waals surface area contributed by atoms with Crippen LogP contribution < -0.4 is 4.74 Å². The van der Waals surface area contributed by atoms with Crippen molar-refractivity contribution in [3.05, 3.63) is 29.3 Å². The molecule has 0 bridgehead atoms. The van der Waals surface area contributed by atoms with Crippen molar-refractivity contribution in [2.75, 3.05) is 6.61 Å². The summed E-state index contributed by atoms with van der Waals surface area (Å²) in [6.45, 7) is 2.25. The quantitative estimate of drug-likeness (QED) is 0.592. The molecule has 1 aromatic carbocycles. The minimum Gasteiger partial charge on any atom is -0.489 e. The first kappa shape index (κ1) is 11.6. The van der Waals surface area contributed by atoms with Crippen molar-refractivity contribution < 1.29 is 19.1 Å². The van der Waals surface area contributed by atoms with Crippen LogP contribution in [-0.4, -0.2) is 18.9 Å². The molecule has 1 aliphatic rings. The van der Waals surface area contributed by atoms with E-state index in [1.807, 2.05) is 6.92 Å². The Bertz CT molecular complexity index is 439. The third kappa shape index (κ3) is 2.46. The van der Waals surface area contributed by atoms with E-state index in [-0.39, 0.29) is 12.1 Å². The summed E-state index contributed by atoms with van der Waals surface area (Å²) < 4.78 is 10.7. The molecule has 0 saturated heterocycles. The maximum atomic E-state index is 11.4. The first-order valence-corrected chi connectivity index (χ1v) is 5.66. The summed E-state index contributed by atoms with van der Waals surface area (Å²) in [5, 5.41) is 0. The summed E-state index contributed by atoms with van der Waals surface area (Å²) in [6, 6.07) is 5.12. The Hall–Kier alpha value is -1.84. The number of rotatable bonds is 4. The van der Waals surface area contributed by atoms with Crippen LogP contribution in [0.25, 0.3) is 0 Å². The van der Waals surface area contributed by atoms with Crippen LogP contribution >= 0.6 is 0 Å². The monoisotopic (exact) mass is 234 g/mol. The number of esters is 1. The normalized spacial score (nSPS) is 17.1. The van der Waals surface area contributed by atoms with Crippen molar-refractivity contribution in [3.8, 4) is 5.75 Å². The fourth-order valence-electron chi connectivity index (χ4n) is 1.80. The van der Waals surface area contributed by atoms with E-state index in [0.29, 0.717) is 24.3 Å². The molecule has 1 aromatic rings. The number of carbonyl (C=O) groups is 2. The minimum atomic E-state index is -0.385. The SMILES string of the molecule is CCCC(=O)OC1COc2ccc(C=O)cc21. The molecule has 0 amide bonds. The van der Waals surface area contributed by atoms with Gasteiger partial charge in [-0.2, -0.15) is 0 Å².